The quantitative estimate of drug-likeness (QED) is 0.0608. The molecule has 0 aliphatic heterocycles. The molecule has 0 amide bonds. The number of aryl methyl sites for hydroxylation is 2. The molecule has 0 aliphatic rings. The zero-order valence-electron chi connectivity index (χ0n) is 30.8. The number of ketones is 2. The van der Waals surface area contributed by atoms with Crippen LogP contribution in [0.25, 0.3) is 49.2 Å². The van der Waals surface area contributed by atoms with E-state index in [2.05, 4.69) is 45.8 Å². The van der Waals surface area contributed by atoms with E-state index in [9.17, 15) is 19.2 Å². The van der Waals surface area contributed by atoms with Gasteiger partial charge in [-0.15, -0.1) is 11.3 Å². The van der Waals surface area contributed by atoms with Crippen LogP contribution in [0.2, 0.25) is 0 Å². The van der Waals surface area contributed by atoms with Gasteiger partial charge in [-0.3, -0.25) is 14.4 Å². The van der Waals surface area contributed by atoms with Crippen LogP contribution >= 0.6 is 11.3 Å². The average Bonchev–Trinajstić information content (AvgIpc) is 3.87. The molecule has 0 atom stereocenters. The number of aromatic nitrogens is 2. The number of hydroxylamine groups is 1. The SMILES string of the molecule is CCn1c2ccc(C(=O)c3cc(C(=O)c4ccc5c6cc(/C(C)=C\NOC(C)=O)ccc6n(CC)c5c4)cs3)cc2c2cc(/C(C)=N\OC(C)=O)ccc21. The fourth-order valence-electron chi connectivity index (χ4n) is 6.99. The van der Waals surface area contributed by atoms with Crippen LogP contribution < -0.4 is 5.48 Å². The molecule has 3 aromatic heterocycles. The van der Waals surface area contributed by atoms with Crippen molar-refractivity contribution in [2.75, 3.05) is 0 Å². The van der Waals surface area contributed by atoms with E-state index < -0.39 is 11.9 Å². The number of carbonyl (C=O) groups is 4. The summed E-state index contributed by atoms with van der Waals surface area (Å²) in [5.74, 6) is -1.24. The molecule has 3 heterocycles. The van der Waals surface area contributed by atoms with Crippen LogP contribution in [0.15, 0.2) is 95.6 Å². The van der Waals surface area contributed by atoms with E-state index in [-0.39, 0.29) is 11.6 Å². The van der Waals surface area contributed by atoms with E-state index >= 15 is 0 Å². The molecule has 0 spiro atoms. The van der Waals surface area contributed by atoms with Gasteiger partial charge in [0.2, 0.25) is 5.78 Å². The van der Waals surface area contributed by atoms with E-state index in [1.165, 1.54) is 25.2 Å². The number of oxime groups is 1. The molecule has 0 radical (unpaired) electrons. The Morgan fingerprint density at radius 3 is 1.83 bits per heavy atom. The zero-order valence-corrected chi connectivity index (χ0v) is 31.6. The van der Waals surface area contributed by atoms with Crippen LogP contribution in [-0.2, 0) is 32.4 Å². The highest BCUT2D eigenvalue weighted by atomic mass is 32.1. The molecule has 272 valence electrons. The van der Waals surface area contributed by atoms with E-state index in [1.807, 2.05) is 67.6 Å². The summed E-state index contributed by atoms with van der Waals surface area (Å²) in [6, 6.07) is 25.3. The minimum atomic E-state index is -0.492. The van der Waals surface area contributed by atoms with Crippen molar-refractivity contribution in [3.63, 3.8) is 0 Å². The molecule has 10 nitrogen and oxygen atoms in total. The van der Waals surface area contributed by atoms with Crippen molar-refractivity contribution in [2.45, 2.75) is 54.6 Å². The number of carbonyl (C=O) groups excluding carboxylic acids is 4. The normalized spacial score (nSPS) is 12.2. The smallest absolute Gasteiger partial charge is 0.331 e. The second-order valence-corrected chi connectivity index (χ2v) is 14.0. The number of allylic oxidation sites excluding steroid dienone is 1. The standard InChI is InChI=1S/C43H38N4O6S/c1-7-46-38-15-11-29(25(4)45-53-27(6)49)18-35(38)36-19-30(12-16-39(36)46)43(51)41-21-32(23-54-41)42(50)31-9-13-33-34-17-28(24(3)22-44-52-26(5)48)10-14-37(34)47(8-2)40(33)20-31/h9-23,44H,7-8H2,1-6H3/b24-22-,45-25-. The van der Waals surface area contributed by atoms with Crippen LogP contribution in [0.5, 0.6) is 0 Å². The van der Waals surface area contributed by atoms with Gasteiger partial charge < -0.3 is 18.8 Å². The molecule has 7 aromatic rings. The van der Waals surface area contributed by atoms with Gasteiger partial charge in [-0.2, -0.15) is 0 Å². The molecular formula is C43H38N4O6S. The molecule has 0 aliphatic carbocycles. The summed E-state index contributed by atoms with van der Waals surface area (Å²) in [6.45, 7) is 11.9. The average molecular weight is 739 g/mol. The molecule has 7 rings (SSSR count). The van der Waals surface area contributed by atoms with Gasteiger partial charge in [0, 0.05) is 98.8 Å². The van der Waals surface area contributed by atoms with Gasteiger partial charge in [0.25, 0.3) is 0 Å². The Morgan fingerprint density at radius 1 is 0.630 bits per heavy atom. The van der Waals surface area contributed by atoms with Gasteiger partial charge in [-0.25, -0.2) is 10.3 Å². The van der Waals surface area contributed by atoms with Gasteiger partial charge in [0.15, 0.2) is 5.78 Å². The van der Waals surface area contributed by atoms with Crippen molar-refractivity contribution in [3.8, 4) is 0 Å². The number of hydrogen-bond donors (Lipinski definition) is 1. The third-order valence-electron chi connectivity index (χ3n) is 9.64. The highest BCUT2D eigenvalue weighted by molar-refractivity contribution is 7.12. The molecule has 0 unspecified atom stereocenters. The number of thiophene rings is 1. The Labute approximate surface area is 315 Å². The molecule has 0 bridgehead atoms. The monoisotopic (exact) mass is 738 g/mol. The molecule has 0 saturated heterocycles. The highest BCUT2D eigenvalue weighted by Gasteiger charge is 2.20. The molecule has 0 saturated carbocycles. The molecule has 54 heavy (non-hydrogen) atoms. The number of nitrogens with zero attached hydrogens (tertiary/aromatic N) is 3. The maximum absolute atomic E-state index is 13.9. The molecular weight excluding hydrogens is 701 g/mol. The Hall–Kier alpha value is -6.33. The van der Waals surface area contributed by atoms with Gasteiger partial charge >= 0.3 is 11.9 Å². The van der Waals surface area contributed by atoms with Gasteiger partial charge in [-0.05, 0) is 99.0 Å². The molecule has 0 fully saturated rings. The van der Waals surface area contributed by atoms with E-state index in [0.29, 0.717) is 33.8 Å². The maximum Gasteiger partial charge on any atom is 0.331 e. The third-order valence-corrected chi connectivity index (χ3v) is 10.6. The lowest BCUT2D eigenvalue weighted by atomic mass is 10.0. The molecule has 1 N–H and O–H groups in total. The van der Waals surface area contributed by atoms with E-state index in [1.54, 1.807) is 24.6 Å². The van der Waals surface area contributed by atoms with Crippen molar-refractivity contribution in [3.05, 3.63) is 123 Å². The summed E-state index contributed by atoms with van der Waals surface area (Å²) in [7, 11) is 0. The Bertz CT molecular complexity index is 2750. The topological polar surface area (TPSA) is 121 Å². The lowest BCUT2D eigenvalue weighted by Gasteiger charge is -2.06. The minimum absolute atomic E-state index is 0.157. The lowest BCUT2D eigenvalue weighted by Crippen LogP contribution is -2.11. The first-order valence-corrected chi connectivity index (χ1v) is 18.5. The van der Waals surface area contributed by atoms with Crippen LogP contribution in [0, 0.1) is 0 Å². The first kappa shape index (κ1) is 36.0. The first-order valence-electron chi connectivity index (χ1n) is 17.6. The van der Waals surface area contributed by atoms with E-state index in [0.717, 1.165) is 66.9 Å². The Balaban J connectivity index is 1.19. The second-order valence-electron chi connectivity index (χ2n) is 13.1. The number of hydrogen-bond acceptors (Lipinski definition) is 9. The predicted octanol–water partition coefficient (Wildman–Crippen LogP) is 9.18. The highest BCUT2D eigenvalue weighted by Crippen LogP contribution is 2.34. The summed E-state index contributed by atoms with van der Waals surface area (Å²) in [5, 5.41) is 9.64. The largest absolute Gasteiger partial charge is 0.344 e. The van der Waals surface area contributed by atoms with Crippen molar-refractivity contribution in [1.29, 1.82) is 0 Å². The number of fused-ring (bicyclic) bond motifs is 6. The van der Waals surface area contributed by atoms with Crippen molar-refractivity contribution in [2.24, 2.45) is 5.16 Å². The number of benzene rings is 4. The number of nitrogens with one attached hydrogen (secondary N) is 1. The number of rotatable bonds is 11. The van der Waals surface area contributed by atoms with Gasteiger partial charge in [0.05, 0.1) is 10.6 Å². The zero-order chi connectivity index (χ0) is 38.3. The summed E-state index contributed by atoms with van der Waals surface area (Å²) in [6.07, 6.45) is 1.64. The fourth-order valence-corrected chi connectivity index (χ4v) is 7.84. The fraction of sp³-hybridized carbons (Fsp3) is 0.186. The minimum Gasteiger partial charge on any atom is -0.344 e. The summed E-state index contributed by atoms with van der Waals surface area (Å²) >= 11 is 1.26. The summed E-state index contributed by atoms with van der Waals surface area (Å²) < 4.78 is 4.38. The second kappa shape index (κ2) is 14.6. The van der Waals surface area contributed by atoms with Crippen molar-refractivity contribution < 1.29 is 28.9 Å². The first-order chi connectivity index (χ1) is 26.0. The van der Waals surface area contributed by atoms with Crippen molar-refractivity contribution in [1.82, 2.24) is 14.6 Å². The van der Waals surface area contributed by atoms with Gasteiger partial charge in [-0.1, -0.05) is 29.4 Å². The van der Waals surface area contributed by atoms with Crippen LogP contribution in [0.1, 0.15) is 83.8 Å². The lowest BCUT2D eigenvalue weighted by molar-refractivity contribution is -0.146. The maximum atomic E-state index is 13.9. The van der Waals surface area contributed by atoms with Crippen LogP contribution in [0.4, 0.5) is 0 Å². The van der Waals surface area contributed by atoms with Gasteiger partial charge in [0.1, 0.15) is 0 Å². The Kier molecular flexibility index (Phi) is 9.74. The third kappa shape index (κ3) is 6.58. The predicted molar refractivity (Wildman–Crippen MR) is 214 cm³/mol. The Morgan fingerprint density at radius 2 is 1.19 bits per heavy atom. The van der Waals surface area contributed by atoms with Crippen LogP contribution in [-0.4, -0.2) is 38.4 Å². The molecule has 11 heteroatoms. The van der Waals surface area contributed by atoms with Crippen molar-refractivity contribution >= 4 is 89.7 Å². The summed E-state index contributed by atoms with van der Waals surface area (Å²) in [5.41, 5.74) is 11.3. The molecule has 4 aromatic carbocycles. The summed E-state index contributed by atoms with van der Waals surface area (Å²) in [4.78, 5) is 60.4. The van der Waals surface area contributed by atoms with E-state index in [4.69, 9.17) is 9.68 Å². The van der Waals surface area contributed by atoms with Crippen LogP contribution in [0.3, 0.4) is 0 Å².